The van der Waals surface area contributed by atoms with E-state index in [1.54, 1.807) is 4.90 Å². The van der Waals surface area contributed by atoms with Crippen molar-refractivity contribution in [2.45, 2.75) is 31.1 Å². The Kier molecular flexibility index (Phi) is 7.70. The molecule has 1 unspecified atom stereocenters. The maximum Gasteiger partial charge on any atom is 0.416 e. The predicted molar refractivity (Wildman–Crippen MR) is 104 cm³/mol. The Balaban J connectivity index is 1.98. The number of anilines is 1. The van der Waals surface area contributed by atoms with E-state index in [0.29, 0.717) is 22.9 Å². The van der Waals surface area contributed by atoms with Crippen LogP contribution in [0.4, 0.5) is 50.0 Å². The van der Waals surface area contributed by atoms with Crippen LogP contribution in [0.2, 0.25) is 0 Å². The zero-order valence-electron chi connectivity index (χ0n) is 18.1. The van der Waals surface area contributed by atoms with Gasteiger partial charge in [0.25, 0.3) is 0 Å². The van der Waals surface area contributed by atoms with Crippen molar-refractivity contribution in [3.8, 4) is 0 Å². The van der Waals surface area contributed by atoms with Gasteiger partial charge in [-0.3, -0.25) is 4.90 Å². The fourth-order valence-electron chi connectivity index (χ4n) is 4.36. The fourth-order valence-corrected chi connectivity index (χ4v) is 4.36. The molecule has 6 nitrogen and oxygen atoms in total. The van der Waals surface area contributed by atoms with Crippen molar-refractivity contribution in [2.24, 2.45) is 5.92 Å². The number of hydrogen-bond acceptors (Lipinski definition) is 4. The summed E-state index contributed by atoms with van der Waals surface area (Å²) in [5.41, 5.74) is -1.50. The molecule has 0 saturated carbocycles. The molecule has 198 valence electrons. The molecule has 0 spiro atoms. The number of nitrogens with zero attached hydrogens (tertiary/aromatic N) is 3. The van der Waals surface area contributed by atoms with Crippen molar-refractivity contribution in [3.63, 3.8) is 0 Å². The molecule has 3 rings (SSSR count). The van der Waals surface area contributed by atoms with Gasteiger partial charge in [-0.15, -0.1) is 0 Å². The third-order valence-corrected chi connectivity index (χ3v) is 6.04. The van der Waals surface area contributed by atoms with E-state index < -0.39 is 73.9 Å². The average molecular weight is 523 g/mol. The summed E-state index contributed by atoms with van der Waals surface area (Å²) in [7, 11) is 0. The third-order valence-electron chi connectivity index (χ3n) is 6.04. The first-order chi connectivity index (χ1) is 16.1. The SMILES string of the molecule is O=C(O)N1CCN(Cc2ccc(N3CCOCC3)cc2C(F)(F)F)C(C(C(F)(F)F)C(F)(F)F)C1. The molecule has 35 heavy (non-hydrogen) atoms. The quantitative estimate of drug-likeness (QED) is 0.592. The number of piperazine rings is 1. The van der Waals surface area contributed by atoms with Gasteiger partial charge in [-0.1, -0.05) is 6.07 Å². The number of carboxylic acid groups (broad SMARTS) is 1. The summed E-state index contributed by atoms with van der Waals surface area (Å²) in [4.78, 5) is 13.9. The van der Waals surface area contributed by atoms with Crippen molar-refractivity contribution in [1.82, 2.24) is 9.80 Å². The Labute approximate surface area is 193 Å². The summed E-state index contributed by atoms with van der Waals surface area (Å²) in [5.74, 6) is -3.95. The highest BCUT2D eigenvalue weighted by Gasteiger charge is 2.62. The number of carbonyl (C=O) groups is 1. The van der Waals surface area contributed by atoms with Gasteiger partial charge < -0.3 is 19.6 Å². The number of halogens is 9. The Morgan fingerprint density at radius 2 is 1.57 bits per heavy atom. The van der Waals surface area contributed by atoms with Gasteiger partial charge in [0, 0.05) is 51.0 Å². The minimum Gasteiger partial charge on any atom is -0.465 e. The molecule has 1 N–H and O–H groups in total. The van der Waals surface area contributed by atoms with Crippen LogP contribution in [-0.2, 0) is 17.5 Å². The zero-order chi connectivity index (χ0) is 26.2. The highest BCUT2D eigenvalue weighted by molar-refractivity contribution is 5.65. The Morgan fingerprint density at radius 3 is 2.09 bits per heavy atom. The molecule has 1 aromatic rings. The number of hydrogen-bond donors (Lipinski definition) is 1. The maximum absolute atomic E-state index is 13.8. The normalized spacial score (nSPS) is 21.0. The van der Waals surface area contributed by atoms with Crippen LogP contribution in [0.1, 0.15) is 11.1 Å². The van der Waals surface area contributed by atoms with Crippen molar-refractivity contribution in [2.75, 3.05) is 50.8 Å². The molecule has 0 aromatic heterocycles. The highest BCUT2D eigenvalue weighted by Crippen LogP contribution is 2.44. The molecule has 2 fully saturated rings. The second kappa shape index (κ2) is 9.91. The summed E-state index contributed by atoms with van der Waals surface area (Å²) in [6.45, 7) is -1.90. The smallest absolute Gasteiger partial charge is 0.416 e. The number of alkyl halides is 9. The van der Waals surface area contributed by atoms with Gasteiger partial charge in [-0.25, -0.2) is 4.79 Å². The first kappa shape index (κ1) is 27.2. The van der Waals surface area contributed by atoms with E-state index in [2.05, 4.69) is 0 Å². The van der Waals surface area contributed by atoms with Crippen LogP contribution in [0, 0.1) is 5.92 Å². The summed E-state index contributed by atoms with van der Waals surface area (Å²) < 4.78 is 127. The molecule has 1 amide bonds. The van der Waals surface area contributed by atoms with Crippen LogP contribution in [0.25, 0.3) is 0 Å². The van der Waals surface area contributed by atoms with E-state index in [1.807, 2.05) is 0 Å². The number of ether oxygens (including phenoxy) is 1. The van der Waals surface area contributed by atoms with E-state index in [1.165, 1.54) is 6.07 Å². The molecule has 2 aliphatic rings. The van der Waals surface area contributed by atoms with E-state index in [4.69, 9.17) is 9.84 Å². The van der Waals surface area contributed by atoms with E-state index in [-0.39, 0.29) is 18.9 Å². The topological polar surface area (TPSA) is 56.2 Å². The molecule has 1 atom stereocenters. The Bertz CT molecular complexity index is 885. The molecular formula is C20H22F9N3O3. The minimum absolute atomic E-state index is 0.195. The van der Waals surface area contributed by atoms with E-state index in [0.717, 1.165) is 12.1 Å². The Morgan fingerprint density at radius 1 is 0.971 bits per heavy atom. The largest absolute Gasteiger partial charge is 0.465 e. The predicted octanol–water partition coefficient (Wildman–Crippen LogP) is 4.45. The standard InChI is InChI=1S/C20H22F9N3O3/c21-18(22,23)14-9-13(30-5-7-35-8-6-30)2-1-12(14)10-31-3-4-32(17(33)34)11-15(31)16(19(24,25)26)20(27,28)29/h1-2,9,15-16H,3-8,10-11H2,(H,33,34). The third kappa shape index (κ3) is 6.42. The lowest BCUT2D eigenvalue weighted by Gasteiger charge is -2.44. The first-order valence-corrected chi connectivity index (χ1v) is 10.5. The van der Waals surface area contributed by atoms with Crippen LogP contribution in [-0.4, -0.2) is 85.3 Å². The fraction of sp³-hybridized carbons (Fsp3) is 0.650. The Hall–Kier alpha value is -2.42. The van der Waals surface area contributed by atoms with Crippen LogP contribution < -0.4 is 4.90 Å². The number of morpholine rings is 1. The molecule has 2 heterocycles. The zero-order valence-corrected chi connectivity index (χ0v) is 18.1. The van der Waals surface area contributed by atoms with Crippen LogP contribution in [0.5, 0.6) is 0 Å². The summed E-state index contributed by atoms with van der Waals surface area (Å²) in [5, 5.41) is 9.11. The highest BCUT2D eigenvalue weighted by atomic mass is 19.4. The van der Waals surface area contributed by atoms with Crippen LogP contribution >= 0.6 is 0 Å². The van der Waals surface area contributed by atoms with Gasteiger partial charge in [0.05, 0.1) is 18.8 Å². The molecule has 2 saturated heterocycles. The molecular weight excluding hydrogens is 501 g/mol. The monoisotopic (exact) mass is 523 g/mol. The second-order valence-electron chi connectivity index (χ2n) is 8.27. The first-order valence-electron chi connectivity index (χ1n) is 10.5. The minimum atomic E-state index is -5.80. The van der Waals surface area contributed by atoms with Crippen LogP contribution in [0.15, 0.2) is 18.2 Å². The lowest BCUT2D eigenvalue weighted by atomic mass is 9.93. The van der Waals surface area contributed by atoms with Crippen molar-refractivity contribution in [1.29, 1.82) is 0 Å². The summed E-state index contributed by atoms with van der Waals surface area (Å²) in [6.07, 6.45) is -18.2. The van der Waals surface area contributed by atoms with Gasteiger partial charge in [-0.05, 0) is 17.7 Å². The number of benzene rings is 1. The van der Waals surface area contributed by atoms with Gasteiger partial charge in [0.2, 0.25) is 0 Å². The number of amides is 1. The summed E-state index contributed by atoms with van der Waals surface area (Å²) in [6, 6.07) is 0.710. The van der Waals surface area contributed by atoms with Gasteiger partial charge in [0.15, 0.2) is 5.92 Å². The van der Waals surface area contributed by atoms with Gasteiger partial charge in [0.1, 0.15) is 0 Å². The molecule has 0 aliphatic carbocycles. The average Bonchev–Trinajstić information content (AvgIpc) is 2.73. The second-order valence-corrected chi connectivity index (χ2v) is 8.27. The van der Waals surface area contributed by atoms with Crippen molar-refractivity contribution in [3.05, 3.63) is 29.3 Å². The van der Waals surface area contributed by atoms with Crippen molar-refractivity contribution < 1.29 is 54.2 Å². The van der Waals surface area contributed by atoms with E-state index >= 15 is 0 Å². The lowest BCUT2D eigenvalue weighted by molar-refractivity contribution is -0.302. The molecule has 15 heteroatoms. The summed E-state index contributed by atoms with van der Waals surface area (Å²) >= 11 is 0. The molecule has 2 aliphatic heterocycles. The molecule has 0 bridgehead atoms. The molecule has 0 radical (unpaired) electrons. The van der Waals surface area contributed by atoms with Crippen molar-refractivity contribution >= 4 is 11.8 Å². The lowest BCUT2D eigenvalue weighted by Crippen LogP contribution is -2.62. The van der Waals surface area contributed by atoms with Gasteiger partial charge in [-0.2, -0.15) is 39.5 Å². The van der Waals surface area contributed by atoms with E-state index in [9.17, 15) is 44.3 Å². The number of rotatable bonds is 4. The molecule has 1 aromatic carbocycles. The van der Waals surface area contributed by atoms with Gasteiger partial charge >= 0.3 is 24.6 Å². The van der Waals surface area contributed by atoms with Crippen LogP contribution in [0.3, 0.4) is 0 Å². The maximum atomic E-state index is 13.8.